The summed E-state index contributed by atoms with van der Waals surface area (Å²) in [6.45, 7) is 14.7. The summed E-state index contributed by atoms with van der Waals surface area (Å²) < 4.78 is 2.86. The van der Waals surface area contributed by atoms with Gasteiger partial charge >= 0.3 is 0 Å². The zero-order valence-electron chi connectivity index (χ0n) is 10.8. The first-order valence-corrected chi connectivity index (χ1v) is 11.7. The molecule has 0 amide bonds. The first kappa shape index (κ1) is 12.5. The van der Waals surface area contributed by atoms with Crippen LogP contribution in [-0.4, -0.2) is 33.7 Å². The van der Waals surface area contributed by atoms with Crippen LogP contribution in [-0.2, 0) is 0 Å². The van der Waals surface area contributed by atoms with Crippen LogP contribution >= 0.6 is 0 Å². The largest absolute Gasteiger partial charge is 0.322 e. The molecule has 84 valence electrons. The van der Waals surface area contributed by atoms with Crippen molar-refractivity contribution in [2.75, 3.05) is 0 Å². The van der Waals surface area contributed by atoms with Crippen molar-refractivity contribution in [3.05, 3.63) is 0 Å². The maximum Gasteiger partial charge on any atom is 0.109 e. The van der Waals surface area contributed by atoms with Gasteiger partial charge in [0.1, 0.15) is 8.96 Å². The van der Waals surface area contributed by atoms with Gasteiger partial charge in [0.25, 0.3) is 0 Å². The van der Waals surface area contributed by atoms with Gasteiger partial charge in [-0.25, -0.2) is 0 Å². The minimum Gasteiger partial charge on any atom is -0.322 e. The lowest BCUT2D eigenvalue weighted by Gasteiger charge is -2.36. The molecule has 14 heavy (non-hydrogen) atoms. The van der Waals surface area contributed by atoms with Crippen molar-refractivity contribution in [1.82, 2.24) is 4.57 Å². The normalized spacial score (nSPS) is 26.8. The number of hydrogen-bond donors (Lipinski definition) is 0. The summed E-state index contributed by atoms with van der Waals surface area (Å²) >= 11 is 0. The van der Waals surface area contributed by atoms with Crippen molar-refractivity contribution in [2.24, 2.45) is 0 Å². The molecule has 1 nitrogen and oxygen atoms in total. The third-order valence-corrected chi connectivity index (χ3v) is 15.1. The van der Waals surface area contributed by atoms with Gasteiger partial charge in [0, 0.05) is 8.07 Å². The standard InChI is InChI=1S/C11H27NSi2/c1-10(2)12(11(3)4)13-7-8-14(5,6)9-13/h10-11,13H,7-9H2,1-6H3. The second-order valence-electron chi connectivity index (χ2n) is 6.20. The summed E-state index contributed by atoms with van der Waals surface area (Å²) in [6, 6.07) is 4.74. The molecule has 0 bridgehead atoms. The van der Waals surface area contributed by atoms with Crippen LogP contribution in [0.1, 0.15) is 27.7 Å². The average Bonchev–Trinajstić information content (AvgIpc) is 2.28. The molecule has 0 aromatic heterocycles. The Bertz CT molecular complexity index is 182. The number of hydrogen-bond acceptors (Lipinski definition) is 1. The van der Waals surface area contributed by atoms with E-state index in [1.807, 2.05) is 0 Å². The molecule has 1 unspecified atom stereocenters. The van der Waals surface area contributed by atoms with Gasteiger partial charge in [-0.1, -0.05) is 52.5 Å². The Balaban J connectivity index is 2.63. The maximum absolute atomic E-state index is 2.86. The Morgan fingerprint density at radius 3 is 1.86 bits per heavy atom. The molecule has 1 saturated heterocycles. The molecular formula is C11H27NSi2. The highest BCUT2D eigenvalue weighted by molar-refractivity contribution is 6.91. The number of nitrogens with zero attached hydrogens (tertiary/aromatic N) is 1. The van der Waals surface area contributed by atoms with Gasteiger partial charge in [0.2, 0.25) is 0 Å². The fraction of sp³-hybridized carbons (Fsp3) is 1.00. The molecule has 0 aromatic rings. The minimum atomic E-state index is -0.738. The average molecular weight is 230 g/mol. The van der Waals surface area contributed by atoms with E-state index >= 15 is 0 Å². The molecule has 1 aliphatic rings. The minimum absolute atomic E-state index is 0.542. The maximum atomic E-state index is 2.86. The van der Waals surface area contributed by atoms with Gasteiger partial charge in [-0.05, 0) is 18.1 Å². The molecule has 1 fully saturated rings. The van der Waals surface area contributed by atoms with E-state index in [-0.39, 0.29) is 0 Å². The third kappa shape index (κ3) is 2.94. The topological polar surface area (TPSA) is 3.24 Å². The molecule has 1 rings (SSSR count). The van der Waals surface area contributed by atoms with Crippen LogP contribution in [0.15, 0.2) is 0 Å². The highest BCUT2D eigenvalue weighted by Gasteiger charge is 2.38. The molecule has 0 spiro atoms. The fourth-order valence-corrected chi connectivity index (χ4v) is 17.1. The van der Waals surface area contributed by atoms with E-state index < -0.39 is 17.0 Å². The van der Waals surface area contributed by atoms with Crippen molar-refractivity contribution in [2.45, 2.75) is 70.6 Å². The molecule has 0 N–H and O–H groups in total. The van der Waals surface area contributed by atoms with Gasteiger partial charge in [0.15, 0.2) is 0 Å². The quantitative estimate of drug-likeness (QED) is 0.672. The fourth-order valence-electron chi connectivity index (χ4n) is 3.09. The van der Waals surface area contributed by atoms with Gasteiger partial charge in [-0.3, -0.25) is 0 Å². The first-order valence-electron chi connectivity index (χ1n) is 6.11. The first-order chi connectivity index (χ1) is 6.33. The van der Waals surface area contributed by atoms with Crippen molar-refractivity contribution in [1.29, 1.82) is 0 Å². The van der Waals surface area contributed by atoms with Crippen LogP contribution in [0.5, 0.6) is 0 Å². The third-order valence-electron chi connectivity index (χ3n) is 3.56. The summed E-state index contributed by atoms with van der Waals surface area (Å²) in [7, 11) is -1.28. The number of rotatable bonds is 3. The Morgan fingerprint density at radius 2 is 1.57 bits per heavy atom. The van der Waals surface area contributed by atoms with Crippen molar-refractivity contribution in [3.8, 4) is 0 Å². The summed E-state index contributed by atoms with van der Waals surface area (Å²) in [5.74, 6) is 0. The van der Waals surface area contributed by atoms with Crippen LogP contribution in [0.2, 0.25) is 30.8 Å². The summed E-state index contributed by atoms with van der Waals surface area (Å²) in [4.78, 5) is 0. The van der Waals surface area contributed by atoms with E-state index in [1.54, 1.807) is 17.8 Å². The highest BCUT2D eigenvalue weighted by atomic mass is 28.4. The van der Waals surface area contributed by atoms with Crippen LogP contribution in [0.25, 0.3) is 0 Å². The van der Waals surface area contributed by atoms with Crippen LogP contribution in [0.3, 0.4) is 0 Å². The van der Waals surface area contributed by atoms with Gasteiger partial charge in [-0.15, -0.1) is 0 Å². The van der Waals surface area contributed by atoms with E-state index in [0.29, 0.717) is 0 Å². The van der Waals surface area contributed by atoms with Crippen LogP contribution < -0.4 is 0 Å². The van der Waals surface area contributed by atoms with Crippen LogP contribution in [0, 0.1) is 0 Å². The second-order valence-corrected chi connectivity index (χ2v) is 15.1. The smallest absolute Gasteiger partial charge is 0.109 e. The predicted molar refractivity (Wildman–Crippen MR) is 71.2 cm³/mol. The Kier molecular flexibility index (Phi) is 4.00. The summed E-state index contributed by atoms with van der Waals surface area (Å²) in [5.41, 5.74) is 1.66. The molecule has 1 aliphatic heterocycles. The van der Waals surface area contributed by atoms with Crippen molar-refractivity contribution < 1.29 is 0 Å². The highest BCUT2D eigenvalue weighted by Crippen LogP contribution is 2.33. The monoisotopic (exact) mass is 229 g/mol. The Labute approximate surface area is 92.6 Å². The van der Waals surface area contributed by atoms with Gasteiger partial charge in [-0.2, -0.15) is 0 Å². The zero-order valence-corrected chi connectivity index (χ0v) is 13.0. The molecule has 3 heteroatoms. The molecule has 0 radical (unpaired) electrons. The lowest BCUT2D eigenvalue weighted by atomic mass is 10.3. The van der Waals surface area contributed by atoms with E-state index in [9.17, 15) is 0 Å². The zero-order chi connectivity index (χ0) is 10.9. The molecule has 0 aromatic carbocycles. The molecular weight excluding hydrogens is 202 g/mol. The van der Waals surface area contributed by atoms with Gasteiger partial charge < -0.3 is 4.57 Å². The van der Waals surface area contributed by atoms with Crippen molar-refractivity contribution in [3.63, 3.8) is 0 Å². The second kappa shape index (κ2) is 4.50. The summed E-state index contributed by atoms with van der Waals surface area (Å²) in [6.07, 6.45) is 0. The molecule has 1 heterocycles. The Morgan fingerprint density at radius 1 is 1.07 bits per heavy atom. The lowest BCUT2D eigenvalue weighted by molar-refractivity contribution is 0.303. The van der Waals surface area contributed by atoms with Crippen molar-refractivity contribution >= 4 is 17.0 Å². The SMILES string of the molecule is CC(C)N(C(C)C)[SiH]1CC[Si](C)(C)C1. The van der Waals surface area contributed by atoms with E-state index in [2.05, 4.69) is 45.4 Å². The Hall–Kier alpha value is 0.394. The van der Waals surface area contributed by atoms with E-state index in [1.165, 1.54) is 0 Å². The van der Waals surface area contributed by atoms with Gasteiger partial charge in [0.05, 0.1) is 0 Å². The molecule has 1 atom stereocenters. The van der Waals surface area contributed by atoms with E-state index in [4.69, 9.17) is 0 Å². The lowest BCUT2D eigenvalue weighted by Crippen LogP contribution is -2.47. The van der Waals surface area contributed by atoms with E-state index in [0.717, 1.165) is 12.1 Å². The molecule has 0 aliphatic carbocycles. The van der Waals surface area contributed by atoms with Crippen LogP contribution in [0.4, 0.5) is 0 Å². The summed E-state index contributed by atoms with van der Waals surface area (Å²) in [5, 5.41) is 0. The predicted octanol–water partition coefficient (Wildman–Crippen LogP) is 3.09. The molecule has 0 saturated carbocycles.